The van der Waals surface area contributed by atoms with E-state index in [4.69, 9.17) is 4.74 Å². The molecule has 0 heterocycles. The van der Waals surface area contributed by atoms with Gasteiger partial charge in [-0.15, -0.1) is 0 Å². The molecule has 0 aromatic carbocycles. The molecular weight excluding hydrogens is 244 g/mol. The second-order valence-electron chi connectivity index (χ2n) is 5.81. The van der Waals surface area contributed by atoms with Crippen LogP contribution in [0.15, 0.2) is 12.2 Å². The Balaban J connectivity index is 3.35. The SMILES string of the molecule is [CH2]CCCCCCC/C=C/CCC(CCCCC)OC. The first kappa shape index (κ1) is 19.7. The lowest BCUT2D eigenvalue weighted by atomic mass is 10.1. The molecule has 1 radical (unpaired) electrons. The van der Waals surface area contributed by atoms with Crippen molar-refractivity contribution in [2.75, 3.05) is 7.11 Å². The Morgan fingerprint density at radius 1 is 0.850 bits per heavy atom. The van der Waals surface area contributed by atoms with Gasteiger partial charge in [-0.1, -0.05) is 77.4 Å². The largest absolute Gasteiger partial charge is 0.381 e. The standard InChI is InChI=1S/C19H37O/c1-4-6-8-9-10-11-12-13-14-16-18-19(20-3)17-15-7-5-2/h13-14,19H,1,4-12,15-18H2,2-3H3/b14-13+. The number of hydrogen-bond acceptors (Lipinski definition) is 1. The molecule has 0 saturated carbocycles. The van der Waals surface area contributed by atoms with Crippen LogP contribution in [0, 0.1) is 6.92 Å². The van der Waals surface area contributed by atoms with Crippen molar-refractivity contribution in [3.05, 3.63) is 19.1 Å². The van der Waals surface area contributed by atoms with Crippen molar-refractivity contribution < 1.29 is 4.74 Å². The van der Waals surface area contributed by atoms with Crippen molar-refractivity contribution in [1.29, 1.82) is 0 Å². The van der Waals surface area contributed by atoms with E-state index < -0.39 is 0 Å². The minimum Gasteiger partial charge on any atom is -0.381 e. The van der Waals surface area contributed by atoms with Crippen molar-refractivity contribution in [2.24, 2.45) is 0 Å². The highest BCUT2D eigenvalue weighted by molar-refractivity contribution is 4.82. The minimum absolute atomic E-state index is 0.467. The lowest BCUT2D eigenvalue weighted by Crippen LogP contribution is -2.09. The molecule has 0 saturated heterocycles. The molecule has 0 N–H and O–H groups in total. The number of hydrogen-bond donors (Lipinski definition) is 0. The van der Waals surface area contributed by atoms with Crippen LogP contribution >= 0.6 is 0 Å². The third-order valence-corrected chi connectivity index (χ3v) is 3.91. The van der Waals surface area contributed by atoms with Crippen molar-refractivity contribution in [2.45, 2.75) is 96.5 Å². The van der Waals surface area contributed by atoms with Gasteiger partial charge >= 0.3 is 0 Å². The van der Waals surface area contributed by atoms with Crippen molar-refractivity contribution in [3.8, 4) is 0 Å². The zero-order valence-corrected chi connectivity index (χ0v) is 14.0. The van der Waals surface area contributed by atoms with Crippen LogP contribution in [-0.2, 0) is 4.74 Å². The van der Waals surface area contributed by atoms with E-state index in [0.717, 1.165) is 6.42 Å². The fourth-order valence-corrected chi connectivity index (χ4v) is 2.49. The molecule has 1 unspecified atom stereocenters. The highest BCUT2D eigenvalue weighted by Gasteiger charge is 2.04. The van der Waals surface area contributed by atoms with E-state index in [1.54, 1.807) is 0 Å². The third kappa shape index (κ3) is 14.1. The van der Waals surface area contributed by atoms with Crippen LogP contribution in [0.25, 0.3) is 0 Å². The average Bonchev–Trinajstić information content (AvgIpc) is 2.47. The molecular formula is C19H37O. The molecule has 0 aliphatic heterocycles. The van der Waals surface area contributed by atoms with Crippen LogP contribution in [-0.4, -0.2) is 13.2 Å². The van der Waals surface area contributed by atoms with E-state index in [1.165, 1.54) is 77.0 Å². The van der Waals surface area contributed by atoms with Gasteiger partial charge in [0.25, 0.3) is 0 Å². The smallest absolute Gasteiger partial charge is 0.0574 e. The minimum atomic E-state index is 0.467. The molecule has 0 aliphatic rings. The monoisotopic (exact) mass is 281 g/mol. The lowest BCUT2D eigenvalue weighted by molar-refractivity contribution is 0.0865. The normalized spacial score (nSPS) is 13.2. The molecule has 0 aromatic heterocycles. The summed E-state index contributed by atoms with van der Waals surface area (Å²) in [5.74, 6) is 0. The maximum Gasteiger partial charge on any atom is 0.0574 e. The summed E-state index contributed by atoms with van der Waals surface area (Å²) < 4.78 is 5.54. The number of ether oxygens (including phenoxy) is 1. The maximum absolute atomic E-state index is 5.54. The highest BCUT2D eigenvalue weighted by atomic mass is 16.5. The van der Waals surface area contributed by atoms with E-state index in [2.05, 4.69) is 26.0 Å². The van der Waals surface area contributed by atoms with Gasteiger partial charge in [-0.2, -0.15) is 0 Å². The quantitative estimate of drug-likeness (QED) is 0.246. The summed E-state index contributed by atoms with van der Waals surface area (Å²) in [5.41, 5.74) is 0. The van der Waals surface area contributed by atoms with Crippen LogP contribution in [0.2, 0.25) is 0 Å². The van der Waals surface area contributed by atoms with Gasteiger partial charge in [0.15, 0.2) is 0 Å². The zero-order chi connectivity index (χ0) is 14.9. The Labute approximate surface area is 128 Å². The van der Waals surface area contributed by atoms with Gasteiger partial charge < -0.3 is 4.74 Å². The number of rotatable bonds is 15. The Hall–Kier alpha value is -0.300. The van der Waals surface area contributed by atoms with E-state index in [-0.39, 0.29) is 0 Å². The first-order valence-electron chi connectivity index (χ1n) is 8.82. The predicted molar refractivity (Wildman–Crippen MR) is 91.0 cm³/mol. The first-order chi connectivity index (χ1) is 9.85. The number of methoxy groups -OCH3 is 1. The Bertz CT molecular complexity index is 198. The molecule has 0 spiro atoms. The fraction of sp³-hybridized carbons (Fsp3) is 0.842. The van der Waals surface area contributed by atoms with Crippen molar-refractivity contribution in [3.63, 3.8) is 0 Å². The topological polar surface area (TPSA) is 9.23 Å². The van der Waals surface area contributed by atoms with Gasteiger partial charge in [0, 0.05) is 7.11 Å². The third-order valence-electron chi connectivity index (χ3n) is 3.91. The van der Waals surface area contributed by atoms with Gasteiger partial charge in [0.1, 0.15) is 0 Å². The predicted octanol–water partition coefficient (Wildman–Crippen LogP) is 6.48. The summed E-state index contributed by atoms with van der Waals surface area (Å²) in [6, 6.07) is 0. The van der Waals surface area contributed by atoms with E-state index in [0.29, 0.717) is 6.10 Å². The summed E-state index contributed by atoms with van der Waals surface area (Å²) >= 11 is 0. The molecule has 1 nitrogen and oxygen atoms in total. The van der Waals surface area contributed by atoms with Crippen LogP contribution < -0.4 is 0 Å². The molecule has 0 aliphatic carbocycles. The van der Waals surface area contributed by atoms with E-state index >= 15 is 0 Å². The molecule has 0 amide bonds. The zero-order valence-electron chi connectivity index (χ0n) is 14.0. The van der Waals surface area contributed by atoms with Crippen LogP contribution in [0.3, 0.4) is 0 Å². The van der Waals surface area contributed by atoms with Gasteiger partial charge in [-0.25, -0.2) is 0 Å². The van der Waals surface area contributed by atoms with E-state index in [9.17, 15) is 0 Å². The summed E-state index contributed by atoms with van der Waals surface area (Å²) in [5, 5.41) is 0. The summed E-state index contributed by atoms with van der Waals surface area (Å²) in [6.45, 7) is 6.13. The molecule has 0 bridgehead atoms. The summed E-state index contributed by atoms with van der Waals surface area (Å²) in [6.07, 6.45) is 21.8. The average molecular weight is 282 g/mol. The molecule has 1 heteroatoms. The molecule has 0 aromatic rings. The molecule has 20 heavy (non-hydrogen) atoms. The fourth-order valence-electron chi connectivity index (χ4n) is 2.49. The second kappa shape index (κ2) is 16.8. The second-order valence-corrected chi connectivity index (χ2v) is 5.81. The van der Waals surface area contributed by atoms with Crippen molar-refractivity contribution in [1.82, 2.24) is 0 Å². The number of allylic oxidation sites excluding steroid dienone is 2. The Morgan fingerprint density at radius 2 is 1.55 bits per heavy atom. The lowest BCUT2D eigenvalue weighted by Gasteiger charge is -2.13. The highest BCUT2D eigenvalue weighted by Crippen LogP contribution is 2.12. The first-order valence-corrected chi connectivity index (χ1v) is 8.82. The van der Waals surface area contributed by atoms with Crippen LogP contribution in [0.1, 0.15) is 90.4 Å². The van der Waals surface area contributed by atoms with E-state index in [1.807, 2.05) is 7.11 Å². The Morgan fingerprint density at radius 3 is 2.25 bits per heavy atom. The molecule has 1 atom stereocenters. The van der Waals surface area contributed by atoms with Crippen LogP contribution in [0.5, 0.6) is 0 Å². The van der Waals surface area contributed by atoms with Gasteiger partial charge in [-0.05, 0) is 32.1 Å². The molecule has 0 fully saturated rings. The summed E-state index contributed by atoms with van der Waals surface area (Å²) in [4.78, 5) is 0. The molecule has 119 valence electrons. The summed E-state index contributed by atoms with van der Waals surface area (Å²) in [7, 11) is 1.85. The molecule has 0 rings (SSSR count). The van der Waals surface area contributed by atoms with Crippen molar-refractivity contribution >= 4 is 0 Å². The van der Waals surface area contributed by atoms with Gasteiger partial charge in [0.05, 0.1) is 6.10 Å². The Kier molecular flexibility index (Phi) is 16.5. The van der Waals surface area contributed by atoms with Crippen LogP contribution in [0.4, 0.5) is 0 Å². The van der Waals surface area contributed by atoms with Gasteiger partial charge in [0.2, 0.25) is 0 Å². The van der Waals surface area contributed by atoms with Gasteiger partial charge in [-0.3, -0.25) is 0 Å². The maximum atomic E-state index is 5.54. The number of unbranched alkanes of at least 4 members (excludes halogenated alkanes) is 8.